The van der Waals surface area contributed by atoms with Gasteiger partial charge in [0.2, 0.25) is 0 Å². The number of carbonyl (C=O) groups is 1. The van der Waals surface area contributed by atoms with E-state index in [1.54, 1.807) is 30.5 Å². The zero-order chi connectivity index (χ0) is 17.6. The lowest BCUT2D eigenvalue weighted by Crippen LogP contribution is -2.24. The highest BCUT2D eigenvalue weighted by atomic mass is 79.9. The number of pyridine rings is 1. The lowest BCUT2D eigenvalue weighted by atomic mass is 10.2. The Labute approximate surface area is 152 Å². The summed E-state index contributed by atoms with van der Waals surface area (Å²) in [4.78, 5) is 16.1. The molecule has 0 saturated heterocycles. The average Bonchev–Trinajstić information content (AvgIpc) is 2.62. The number of aromatic hydroxyl groups is 1. The number of phenolic OH excluding ortho intramolecular Hbond substituents is 1. The van der Waals surface area contributed by atoms with Crippen molar-refractivity contribution in [3.8, 4) is 11.5 Å². The molecule has 0 aliphatic heterocycles. The Hall–Kier alpha value is -2.93. The van der Waals surface area contributed by atoms with Crippen LogP contribution in [0.3, 0.4) is 0 Å². The summed E-state index contributed by atoms with van der Waals surface area (Å²) in [5.74, 6) is 0.175. The first-order chi connectivity index (χ1) is 12.1. The molecule has 126 valence electrons. The van der Waals surface area contributed by atoms with E-state index in [-0.39, 0.29) is 12.4 Å². The summed E-state index contributed by atoms with van der Waals surface area (Å²) < 4.78 is 6.27. The maximum atomic E-state index is 11.8. The van der Waals surface area contributed by atoms with Crippen molar-refractivity contribution < 1.29 is 14.6 Å². The summed E-state index contributed by atoms with van der Waals surface area (Å²) in [5, 5.41) is 14.5. The number of aromatic nitrogens is 1. The third-order valence-electron chi connectivity index (χ3n) is 3.34. The number of hydrogen-bond acceptors (Lipinski definition) is 5. The molecular formula is C18H14BrN3O3. The van der Waals surface area contributed by atoms with Gasteiger partial charge in [-0.2, -0.15) is 5.10 Å². The molecule has 3 aromatic rings. The summed E-state index contributed by atoms with van der Waals surface area (Å²) in [6, 6.07) is 14.3. The van der Waals surface area contributed by atoms with Crippen molar-refractivity contribution in [1.82, 2.24) is 10.4 Å². The van der Waals surface area contributed by atoms with Gasteiger partial charge in [-0.15, -0.1) is 0 Å². The Morgan fingerprint density at radius 1 is 1.28 bits per heavy atom. The second kappa shape index (κ2) is 7.76. The largest absolute Gasteiger partial charge is 0.507 e. The van der Waals surface area contributed by atoms with Crippen LogP contribution in [0.1, 0.15) is 5.56 Å². The van der Waals surface area contributed by atoms with Crippen molar-refractivity contribution in [2.75, 3.05) is 6.61 Å². The number of benzene rings is 2. The number of nitrogens with zero attached hydrogens (tertiary/aromatic N) is 2. The van der Waals surface area contributed by atoms with Crippen molar-refractivity contribution in [2.24, 2.45) is 5.10 Å². The number of halogens is 1. The topological polar surface area (TPSA) is 83.8 Å². The van der Waals surface area contributed by atoms with Crippen LogP contribution < -0.4 is 10.2 Å². The predicted molar refractivity (Wildman–Crippen MR) is 98.8 cm³/mol. The molecule has 0 aliphatic rings. The molecule has 0 bridgehead atoms. The number of carbonyl (C=O) groups excluding carboxylic acids is 1. The van der Waals surface area contributed by atoms with E-state index >= 15 is 0 Å². The summed E-state index contributed by atoms with van der Waals surface area (Å²) in [6.07, 6.45) is 3.03. The van der Waals surface area contributed by atoms with Crippen molar-refractivity contribution in [3.63, 3.8) is 0 Å². The first-order valence-electron chi connectivity index (χ1n) is 7.40. The lowest BCUT2D eigenvalue weighted by molar-refractivity contribution is -0.123. The average molecular weight is 400 g/mol. The Morgan fingerprint density at radius 2 is 2.12 bits per heavy atom. The minimum atomic E-state index is -0.416. The number of fused-ring (bicyclic) bond motifs is 1. The van der Waals surface area contributed by atoms with E-state index in [4.69, 9.17) is 4.74 Å². The van der Waals surface area contributed by atoms with Crippen LogP contribution in [0.2, 0.25) is 0 Å². The maximum absolute atomic E-state index is 11.8. The third kappa shape index (κ3) is 4.33. The second-order valence-electron chi connectivity index (χ2n) is 5.12. The van der Waals surface area contributed by atoms with Gasteiger partial charge >= 0.3 is 0 Å². The summed E-state index contributed by atoms with van der Waals surface area (Å²) >= 11 is 3.25. The van der Waals surface area contributed by atoms with E-state index in [9.17, 15) is 9.90 Å². The minimum Gasteiger partial charge on any atom is -0.507 e. The van der Waals surface area contributed by atoms with Crippen LogP contribution in [0.25, 0.3) is 10.9 Å². The predicted octanol–water partition coefficient (Wildman–Crippen LogP) is 3.23. The molecule has 7 heteroatoms. The molecule has 1 amide bonds. The van der Waals surface area contributed by atoms with Crippen LogP contribution in [-0.4, -0.2) is 28.8 Å². The Balaban J connectivity index is 1.58. The molecule has 0 saturated carbocycles. The Bertz CT molecular complexity index is 939. The van der Waals surface area contributed by atoms with Gasteiger partial charge in [0.05, 0.1) is 6.21 Å². The standard InChI is InChI=1S/C18H14BrN3O3/c19-14-7-6-13(15(23)9-14)10-21-22-17(24)11-25-16-5-1-3-12-4-2-8-20-18(12)16/h1-10,23H,11H2,(H,22,24)/b21-10+. The number of hydrazone groups is 1. The van der Waals surface area contributed by atoms with Crippen LogP contribution in [0.15, 0.2) is 64.3 Å². The normalized spacial score (nSPS) is 10.9. The van der Waals surface area contributed by atoms with Crippen molar-refractivity contribution in [2.45, 2.75) is 0 Å². The molecule has 0 spiro atoms. The fourth-order valence-electron chi connectivity index (χ4n) is 2.17. The molecule has 0 unspecified atom stereocenters. The first kappa shape index (κ1) is 16.9. The van der Waals surface area contributed by atoms with Gasteiger partial charge in [0.25, 0.3) is 5.91 Å². The Kier molecular flexibility index (Phi) is 5.25. The van der Waals surface area contributed by atoms with E-state index < -0.39 is 5.91 Å². The van der Waals surface area contributed by atoms with Crippen LogP contribution in [-0.2, 0) is 4.79 Å². The fourth-order valence-corrected chi connectivity index (χ4v) is 2.52. The Morgan fingerprint density at radius 3 is 2.96 bits per heavy atom. The monoisotopic (exact) mass is 399 g/mol. The third-order valence-corrected chi connectivity index (χ3v) is 3.83. The molecule has 0 radical (unpaired) electrons. The number of phenols is 1. The van der Waals surface area contributed by atoms with E-state index in [0.29, 0.717) is 16.8 Å². The quantitative estimate of drug-likeness (QED) is 0.509. The van der Waals surface area contributed by atoms with Gasteiger partial charge in [-0.05, 0) is 30.3 Å². The fraction of sp³-hybridized carbons (Fsp3) is 0.0556. The van der Waals surface area contributed by atoms with Gasteiger partial charge in [0, 0.05) is 21.6 Å². The molecule has 0 fully saturated rings. The van der Waals surface area contributed by atoms with Gasteiger partial charge < -0.3 is 9.84 Å². The minimum absolute atomic E-state index is 0.0606. The van der Waals surface area contributed by atoms with Crippen LogP contribution in [0, 0.1) is 0 Å². The molecule has 2 aromatic carbocycles. The zero-order valence-electron chi connectivity index (χ0n) is 13.0. The maximum Gasteiger partial charge on any atom is 0.277 e. The van der Waals surface area contributed by atoms with E-state index in [1.165, 1.54) is 6.21 Å². The summed E-state index contributed by atoms with van der Waals surface area (Å²) in [5.41, 5.74) is 3.54. The molecule has 6 nitrogen and oxygen atoms in total. The highest BCUT2D eigenvalue weighted by Crippen LogP contribution is 2.23. The van der Waals surface area contributed by atoms with Gasteiger partial charge in [0.1, 0.15) is 17.0 Å². The number of rotatable bonds is 5. The van der Waals surface area contributed by atoms with Crippen LogP contribution in [0.4, 0.5) is 0 Å². The first-order valence-corrected chi connectivity index (χ1v) is 8.20. The van der Waals surface area contributed by atoms with Crippen LogP contribution in [0.5, 0.6) is 11.5 Å². The number of para-hydroxylation sites is 1. The molecule has 2 N–H and O–H groups in total. The molecule has 0 aliphatic carbocycles. The molecule has 25 heavy (non-hydrogen) atoms. The highest BCUT2D eigenvalue weighted by Gasteiger charge is 2.06. The van der Waals surface area contributed by atoms with Gasteiger partial charge in [0.15, 0.2) is 6.61 Å². The molecule has 3 rings (SSSR count). The van der Waals surface area contributed by atoms with Crippen molar-refractivity contribution >= 4 is 39.0 Å². The van der Waals surface area contributed by atoms with Crippen molar-refractivity contribution in [3.05, 3.63) is 64.8 Å². The number of nitrogens with one attached hydrogen (secondary N) is 1. The smallest absolute Gasteiger partial charge is 0.277 e. The SMILES string of the molecule is O=C(COc1cccc2cccnc12)N/N=C/c1ccc(Br)cc1O. The van der Waals surface area contributed by atoms with Gasteiger partial charge in [-0.1, -0.05) is 34.1 Å². The van der Waals surface area contributed by atoms with E-state index in [1.807, 2.05) is 24.3 Å². The number of amides is 1. The van der Waals surface area contributed by atoms with Gasteiger partial charge in [-0.3, -0.25) is 9.78 Å². The van der Waals surface area contributed by atoms with E-state index in [2.05, 4.69) is 31.4 Å². The highest BCUT2D eigenvalue weighted by molar-refractivity contribution is 9.10. The number of ether oxygens (including phenoxy) is 1. The molecule has 0 atom stereocenters. The van der Waals surface area contributed by atoms with Crippen molar-refractivity contribution in [1.29, 1.82) is 0 Å². The lowest BCUT2D eigenvalue weighted by Gasteiger charge is -2.07. The molecule has 1 heterocycles. The number of hydrogen-bond donors (Lipinski definition) is 2. The van der Waals surface area contributed by atoms with Crippen LogP contribution >= 0.6 is 15.9 Å². The zero-order valence-corrected chi connectivity index (χ0v) is 14.6. The van der Waals surface area contributed by atoms with Gasteiger partial charge in [-0.25, -0.2) is 5.43 Å². The summed E-state index contributed by atoms with van der Waals surface area (Å²) in [7, 11) is 0. The summed E-state index contributed by atoms with van der Waals surface area (Å²) in [6.45, 7) is -0.195. The van der Waals surface area contributed by atoms with E-state index in [0.717, 1.165) is 9.86 Å². The second-order valence-corrected chi connectivity index (χ2v) is 6.03. The molecule has 1 aromatic heterocycles. The molecular weight excluding hydrogens is 386 g/mol.